The van der Waals surface area contributed by atoms with E-state index in [0.717, 1.165) is 12.8 Å². The predicted octanol–water partition coefficient (Wildman–Crippen LogP) is -0.252. The maximum atomic E-state index is 10.4. The van der Waals surface area contributed by atoms with Crippen LogP contribution in [0.25, 0.3) is 0 Å². The third-order valence-electron chi connectivity index (χ3n) is 1.40. The van der Waals surface area contributed by atoms with Crippen molar-refractivity contribution in [2.24, 2.45) is 5.73 Å². The molecule has 0 aromatic rings. The van der Waals surface area contributed by atoms with E-state index < -0.39 is 5.54 Å². The Morgan fingerprint density at radius 3 is 2.25 bits per heavy atom. The summed E-state index contributed by atoms with van der Waals surface area (Å²) in [6.07, 6.45) is 1.54. The molecular formula is C4H7ClN2O. The minimum atomic E-state index is -0.554. The molecule has 3 nitrogen and oxygen atoms in total. The monoisotopic (exact) mass is 134 g/mol. The first-order chi connectivity index (χ1) is 3.71. The SMILES string of the molecule is NC(=O)C1(NCl)CC1. The number of halogens is 1. The molecular weight excluding hydrogens is 128 g/mol. The fraction of sp³-hybridized carbons (Fsp3) is 0.750. The molecule has 0 unspecified atom stereocenters. The van der Waals surface area contributed by atoms with E-state index in [4.69, 9.17) is 17.5 Å². The lowest BCUT2D eigenvalue weighted by Gasteiger charge is -2.03. The second-order valence-electron chi connectivity index (χ2n) is 2.04. The molecule has 0 aliphatic heterocycles. The van der Waals surface area contributed by atoms with Gasteiger partial charge in [-0.05, 0) is 24.6 Å². The second kappa shape index (κ2) is 1.60. The van der Waals surface area contributed by atoms with Gasteiger partial charge in [-0.15, -0.1) is 0 Å². The number of rotatable bonds is 2. The molecule has 46 valence electrons. The van der Waals surface area contributed by atoms with Gasteiger partial charge in [0.2, 0.25) is 5.91 Å². The summed E-state index contributed by atoms with van der Waals surface area (Å²) in [5.41, 5.74) is 4.40. The average molecular weight is 135 g/mol. The summed E-state index contributed by atoms with van der Waals surface area (Å²) in [6.45, 7) is 0. The standard InChI is InChI=1S/C4H7ClN2O/c5-7-4(1-2-4)3(6)8/h7H,1-2H2,(H2,6,8). The minimum absolute atomic E-state index is 0.354. The molecule has 0 atom stereocenters. The van der Waals surface area contributed by atoms with Crippen molar-refractivity contribution >= 4 is 17.7 Å². The Hall–Kier alpha value is -0.280. The van der Waals surface area contributed by atoms with Crippen molar-refractivity contribution in [3.63, 3.8) is 0 Å². The van der Waals surface area contributed by atoms with Gasteiger partial charge >= 0.3 is 0 Å². The Labute approximate surface area is 52.3 Å². The van der Waals surface area contributed by atoms with Gasteiger partial charge in [-0.1, -0.05) is 0 Å². The van der Waals surface area contributed by atoms with Gasteiger partial charge in [0.15, 0.2) is 0 Å². The van der Waals surface area contributed by atoms with Gasteiger partial charge in [0.1, 0.15) is 5.54 Å². The summed E-state index contributed by atoms with van der Waals surface area (Å²) in [5, 5.41) is 0. The summed E-state index contributed by atoms with van der Waals surface area (Å²) in [7, 11) is 0. The van der Waals surface area contributed by atoms with Crippen molar-refractivity contribution in [3.8, 4) is 0 Å². The largest absolute Gasteiger partial charge is 0.368 e. The minimum Gasteiger partial charge on any atom is -0.368 e. The predicted molar refractivity (Wildman–Crippen MR) is 30.1 cm³/mol. The number of hydrogen-bond donors (Lipinski definition) is 2. The summed E-state index contributed by atoms with van der Waals surface area (Å²) >= 11 is 5.20. The van der Waals surface area contributed by atoms with Crippen LogP contribution < -0.4 is 10.6 Å². The molecule has 1 amide bonds. The molecule has 1 rings (SSSR count). The number of hydrogen-bond acceptors (Lipinski definition) is 2. The average Bonchev–Trinajstić information content (AvgIpc) is 2.44. The van der Waals surface area contributed by atoms with Crippen molar-refractivity contribution in [1.29, 1.82) is 0 Å². The van der Waals surface area contributed by atoms with Crippen molar-refractivity contribution < 1.29 is 4.79 Å². The summed E-state index contributed by atoms with van der Waals surface area (Å²) in [6, 6.07) is 0. The van der Waals surface area contributed by atoms with Crippen LogP contribution >= 0.6 is 11.8 Å². The van der Waals surface area contributed by atoms with Gasteiger partial charge < -0.3 is 5.73 Å². The van der Waals surface area contributed by atoms with Crippen LogP contribution in [0.4, 0.5) is 0 Å². The number of carbonyl (C=O) groups excluding carboxylic acids is 1. The molecule has 1 saturated carbocycles. The fourth-order valence-corrected chi connectivity index (χ4v) is 0.795. The van der Waals surface area contributed by atoms with E-state index in [1.54, 1.807) is 0 Å². The molecule has 1 aliphatic rings. The van der Waals surface area contributed by atoms with Gasteiger partial charge in [0, 0.05) is 0 Å². The highest BCUT2D eigenvalue weighted by molar-refractivity contribution is 6.16. The zero-order valence-electron chi connectivity index (χ0n) is 4.28. The lowest BCUT2D eigenvalue weighted by Crippen LogP contribution is -2.38. The van der Waals surface area contributed by atoms with Crippen LogP contribution in [-0.4, -0.2) is 11.4 Å². The lowest BCUT2D eigenvalue weighted by molar-refractivity contribution is -0.120. The zero-order chi connectivity index (χ0) is 6.20. The third-order valence-corrected chi connectivity index (χ3v) is 1.76. The van der Waals surface area contributed by atoms with Gasteiger partial charge in [-0.25, -0.2) is 4.84 Å². The molecule has 0 bridgehead atoms. The highest BCUT2D eigenvalue weighted by atomic mass is 35.5. The Bertz CT molecular complexity index is 121. The number of nitrogens with one attached hydrogen (secondary N) is 1. The topological polar surface area (TPSA) is 55.1 Å². The van der Waals surface area contributed by atoms with E-state index in [-0.39, 0.29) is 5.91 Å². The first kappa shape index (κ1) is 5.85. The normalized spacial score (nSPS) is 22.6. The number of carbonyl (C=O) groups is 1. The van der Waals surface area contributed by atoms with Gasteiger partial charge in [0.25, 0.3) is 0 Å². The third kappa shape index (κ3) is 0.677. The second-order valence-corrected chi connectivity index (χ2v) is 2.23. The molecule has 0 radical (unpaired) electrons. The summed E-state index contributed by atoms with van der Waals surface area (Å²) in [4.78, 5) is 12.7. The van der Waals surface area contributed by atoms with Crippen LogP contribution in [0.5, 0.6) is 0 Å². The molecule has 4 heteroatoms. The van der Waals surface area contributed by atoms with Crippen LogP contribution in [0.15, 0.2) is 0 Å². The molecule has 1 aliphatic carbocycles. The smallest absolute Gasteiger partial charge is 0.238 e. The van der Waals surface area contributed by atoms with E-state index in [0.29, 0.717) is 0 Å². The van der Waals surface area contributed by atoms with E-state index in [1.807, 2.05) is 0 Å². The fourth-order valence-electron chi connectivity index (χ4n) is 0.512. The first-order valence-corrected chi connectivity index (χ1v) is 2.77. The number of primary amides is 1. The lowest BCUT2D eigenvalue weighted by atomic mass is 10.3. The summed E-state index contributed by atoms with van der Waals surface area (Å²) < 4.78 is 0. The molecule has 8 heavy (non-hydrogen) atoms. The van der Waals surface area contributed by atoms with Crippen molar-refractivity contribution in [1.82, 2.24) is 4.84 Å². The van der Waals surface area contributed by atoms with Crippen LogP contribution in [0, 0.1) is 0 Å². The number of nitrogens with two attached hydrogens (primary N) is 1. The Morgan fingerprint density at radius 2 is 2.25 bits per heavy atom. The van der Waals surface area contributed by atoms with E-state index in [9.17, 15) is 4.79 Å². The van der Waals surface area contributed by atoms with E-state index >= 15 is 0 Å². The molecule has 0 spiro atoms. The zero-order valence-corrected chi connectivity index (χ0v) is 5.03. The molecule has 0 aromatic carbocycles. The van der Waals surface area contributed by atoms with Crippen molar-refractivity contribution in [3.05, 3.63) is 0 Å². The molecule has 3 N–H and O–H groups in total. The number of amides is 1. The van der Waals surface area contributed by atoms with Gasteiger partial charge in [0.05, 0.1) is 0 Å². The van der Waals surface area contributed by atoms with Gasteiger partial charge in [-0.3, -0.25) is 4.79 Å². The maximum Gasteiger partial charge on any atom is 0.238 e. The van der Waals surface area contributed by atoms with E-state index in [2.05, 4.69) is 4.84 Å². The highest BCUT2D eigenvalue weighted by Crippen LogP contribution is 2.35. The van der Waals surface area contributed by atoms with Crippen LogP contribution in [0.3, 0.4) is 0 Å². The van der Waals surface area contributed by atoms with Crippen molar-refractivity contribution in [2.75, 3.05) is 0 Å². The molecule has 0 aromatic heterocycles. The molecule has 0 saturated heterocycles. The van der Waals surface area contributed by atoms with Crippen molar-refractivity contribution in [2.45, 2.75) is 18.4 Å². The maximum absolute atomic E-state index is 10.4. The molecule has 1 fully saturated rings. The van der Waals surface area contributed by atoms with Crippen LogP contribution in [0.2, 0.25) is 0 Å². The highest BCUT2D eigenvalue weighted by Gasteiger charge is 2.48. The Morgan fingerprint density at radius 1 is 1.75 bits per heavy atom. The van der Waals surface area contributed by atoms with Gasteiger partial charge in [-0.2, -0.15) is 0 Å². The Balaban J connectivity index is 2.53. The Kier molecular flexibility index (Phi) is 1.17. The quantitative estimate of drug-likeness (QED) is 0.512. The first-order valence-electron chi connectivity index (χ1n) is 2.39. The summed E-state index contributed by atoms with van der Waals surface area (Å²) in [5.74, 6) is -0.354. The molecule has 0 heterocycles. The van der Waals surface area contributed by atoms with E-state index in [1.165, 1.54) is 0 Å². The van der Waals surface area contributed by atoms with Crippen LogP contribution in [-0.2, 0) is 4.79 Å². The van der Waals surface area contributed by atoms with Crippen LogP contribution in [0.1, 0.15) is 12.8 Å².